The fraction of sp³-hybridized carbons (Fsp3) is 0.951. The van der Waals surface area contributed by atoms with E-state index in [1.165, 1.54) is 231 Å². The van der Waals surface area contributed by atoms with Crippen LogP contribution in [0.25, 0.3) is 0 Å². The zero-order valence-corrected chi connectivity index (χ0v) is 67.5. The molecule has 0 heterocycles. The number of aliphatic hydroxyl groups is 1. The molecule has 0 aliphatic carbocycles. The molecule has 17 nitrogen and oxygen atoms in total. The van der Waals surface area contributed by atoms with Gasteiger partial charge in [0.25, 0.3) is 0 Å². The average Bonchev–Trinajstić information content (AvgIpc) is 0.966. The Balaban J connectivity index is 5.27. The van der Waals surface area contributed by atoms with Gasteiger partial charge >= 0.3 is 39.5 Å². The predicted octanol–water partition coefficient (Wildman–Crippen LogP) is 24.1. The van der Waals surface area contributed by atoms with Crippen LogP contribution in [0.5, 0.6) is 0 Å². The molecule has 3 N–H and O–H groups in total. The molecular formula is C81H158O17P2. The maximum absolute atomic E-state index is 13.1. The fourth-order valence-electron chi connectivity index (χ4n) is 12.4. The fourth-order valence-corrected chi connectivity index (χ4v) is 14.0. The van der Waals surface area contributed by atoms with Crippen molar-refractivity contribution in [3.8, 4) is 0 Å². The number of carbonyl (C=O) groups excluding carboxylic acids is 4. The van der Waals surface area contributed by atoms with Crippen molar-refractivity contribution in [2.75, 3.05) is 39.6 Å². The van der Waals surface area contributed by atoms with Crippen molar-refractivity contribution in [1.29, 1.82) is 0 Å². The summed E-state index contributed by atoms with van der Waals surface area (Å²) in [5.41, 5.74) is 0. The summed E-state index contributed by atoms with van der Waals surface area (Å²) in [6, 6.07) is 0. The molecule has 0 bridgehead atoms. The van der Waals surface area contributed by atoms with Crippen LogP contribution in [0, 0.1) is 17.8 Å². The van der Waals surface area contributed by atoms with Gasteiger partial charge in [-0.2, -0.15) is 0 Å². The highest BCUT2D eigenvalue weighted by molar-refractivity contribution is 7.47. The molecule has 0 fully saturated rings. The van der Waals surface area contributed by atoms with Crippen LogP contribution in [-0.4, -0.2) is 96.7 Å². The summed E-state index contributed by atoms with van der Waals surface area (Å²) < 4.78 is 68.8. The first-order valence-corrected chi connectivity index (χ1v) is 44.9. The molecular weight excluding hydrogens is 1310 g/mol. The summed E-state index contributed by atoms with van der Waals surface area (Å²) in [4.78, 5) is 73.1. The maximum atomic E-state index is 13.1. The summed E-state index contributed by atoms with van der Waals surface area (Å²) in [5.74, 6) is 0.260. The van der Waals surface area contributed by atoms with Crippen LogP contribution in [-0.2, 0) is 65.4 Å². The molecule has 0 rings (SSSR count). The lowest BCUT2D eigenvalue weighted by molar-refractivity contribution is -0.161. The number of unbranched alkanes of at least 4 members (excludes halogenated alkanes) is 45. The number of hydrogen-bond donors (Lipinski definition) is 3. The molecule has 0 aliphatic rings. The van der Waals surface area contributed by atoms with E-state index in [-0.39, 0.29) is 25.7 Å². The van der Waals surface area contributed by atoms with Gasteiger partial charge < -0.3 is 33.8 Å². The quantitative estimate of drug-likeness (QED) is 0.0222. The number of carbonyl (C=O) groups is 4. The molecule has 594 valence electrons. The summed E-state index contributed by atoms with van der Waals surface area (Å²) >= 11 is 0. The van der Waals surface area contributed by atoms with Crippen LogP contribution in [0.15, 0.2) is 0 Å². The van der Waals surface area contributed by atoms with Gasteiger partial charge in [0.1, 0.15) is 19.3 Å². The highest BCUT2D eigenvalue weighted by atomic mass is 31.2. The average molecular weight is 1470 g/mol. The van der Waals surface area contributed by atoms with E-state index in [0.29, 0.717) is 25.7 Å². The largest absolute Gasteiger partial charge is 0.472 e. The van der Waals surface area contributed by atoms with Gasteiger partial charge in [-0.15, -0.1) is 0 Å². The number of ether oxygens (including phenoxy) is 4. The molecule has 0 aromatic rings. The third-order valence-electron chi connectivity index (χ3n) is 19.6. The first kappa shape index (κ1) is 98.1. The van der Waals surface area contributed by atoms with Crippen LogP contribution in [0.2, 0.25) is 0 Å². The molecule has 0 aliphatic heterocycles. The third-order valence-corrected chi connectivity index (χ3v) is 21.5. The van der Waals surface area contributed by atoms with Crippen LogP contribution in [0.1, 0.15) is 421 Å². The van der Waals surface area contributed by atoms with Crippen LogP contribution >= 0.6 is 15.6 Å². The molecule has 0 aromatic carbocycles. The van der Waals surface area contributed by atoms with E-state index in [9.17, 15) is 43.2 Å². The normalized spacial score (nSPS) is 14.5. The Hall–Kier alpha value is -1.94. The van der Waals surface area contributed by atoms with Gasteiger partial charge in [0.2, 0.25) is 0 Å². The Kier molecular flexibility index (Phi) is 69.9. The van der Waals surface area contributed by atoms with E-state index in [0.717, 1.165) is 108 Å². The minimum atomic E-state index is -4.96. The van der Waals surface area contributed by atoms with Gasteiger partial charge in [0.15, 0.2) is 12.2 Å². The van der Waals surface area contributed by atoms with Crippen molar-refractivity contribution < 1.29 is 80.2 Å². The molecule has 0 amide bonds. The third kappa shape index (κ3) is 71.7. The molecule has 0 spiro atoms. The second-order valence-electron chi connectivity index (χ2n) is 30.1. The number of esters is 4. The summed E-state index contributed by atoms with van der Waals surface area (Å²) in [6.45, 7) is 12.0. The molecule has 0 saturated carbocycles. The van der Waals surface area contributed by atoms with Gasteiger partial charge in [0, 0.05) is 25.7 Å². The Bertz CT molecular complexity index is 1940. The van der Waals surface area contributed by atoms with Crippen molar-refractivity contribution >= 4 is 39.5 Å². The summed E-state index contributed by atoms with van der Waals surface area (Å²) in [7, 11) is -9.92. The predicted molar refractivity (Wildman–Crippen MR) is 409 cm³/mol. The lowest BCUT2D eigenvalue weighted by Crippen LogP contribution is -2.30. The monoisotopic (exact) mass is 1470 g/mol. The second kappa shape index (κ2) is 71.3. The van der Waals surface area contributed by atoms with Crippen molar-refractivity contribution in [3.63, 3.8) is 0 Å². The minimum Gasteiger partial charge on any atom is -0.462 e. The number of hydrogen-bond acceptors (Lipinski definition) is 15. The van der Waals surface area contributed by atoms with Crippen LogP contribution in [0.4, 0.5) is 0 Å². The van der Waals surface area contributed by atoms with Crippen molar-refractivity contribution in [3.05, 3.63) is 0 Å². The molecule has 7 atom stereocenters. The van der Waals surface area contributed by atoms with Gasteiger partial charge in [-0.05, 0) is 43.4 Å². The molecule has 0 radical (unpaired) electrons. The first-order chi connectivity index (χ1) is 48.3. The smallest absolute Gasteiger partial charge is 0.462 e. The van der Waals surface area contributed by atoms with Crippen molar-refractivity contribution in [2.45, 2.75) is 439 Å². The Morgan fingerprint density at radius 1 is 0.290 bits per heavy atom. The van der Waals surface area contributed by atoms with Gasteiger partial charge in [0.05, 0.1) is 26.4 Å². The van der Waals surface area contributed by atoms with Gasteiger partial charge in [-0.25, -0.2) is 9.13 Å². The van der Waals surface area contributed by atoms with Crippen LogP contribution in [0.3, 0.4) is 0 Å². The van der Waals surface area contributed by atoms with E-state index in [1.807, 2.05) is 0 Å². The topological polar surface area (TPSA) is 237 Å². The number of phosphoric acid groups is 2. The van der Waals surface area contributed by atoms with Crippen molar-refractivity contribution in [1.82, 2.24) is 0 Å². The first-order valence-electron chi connectivity index (χ1n) is 41.9. The number of aliphatic hydroxyl groups excluding tert-OH is 1. The van der Waals surface area contributed by atoms with Crippen molar-refractivity contribution in [2.24, 2.45) is 17.8 Å². The lowest BCUT2D eigenvalue weighted by Gasteiger charge is -2.21. The Morgan fingerprint density at radius 3 is 0.760 bits per heavy atom. The summed E-state index contributed by atoms with van der Waals surface area (Å²) in [5, 5.41) is 10.6. The van der Waals surface area contributed by atoms with E-state index >= 15 is 0 Å². The maximum Gasteiger partial charge on any atom is 0.472 e. The second-order valence-corrected chi connectivity index (χ2v) is 33.0. The Labute approximate surface area is 613 Å². The van der Waals surface area contributed by atoms with E-state index in [2.05, 4.69) is 48.5 Å². The molecule has 0 aromatic heterocycles. The summed E-state index contributed by atoms with van der Waals surface area (Å²) in [6.07, 6.45) is 59.5. The lowest BCUT2D eigenvalue weighted by atomic mass is 9.99. The highest BCUT2D eigenvalue weighted by Gasteiger charge is 2.30. The molecule has 0 saturated heterocycles. The van der Waals surface area contributed by atoms with E-state index in [1.54, 1.807) is 0 Å². The highest BCUT2D eigenvalue weighted by Crippen LogP contribution is 2.45. The number of phosphoric ester groups is 2. The standard InChI is InChI=1S/C81H158O17P2/c1-8-11-12-13-14-15-16-17-18-19-20-21-22-23-24-36-43-50-57-64-80(85)97-76(68-92-79(84)63-56-49-42-35-29-26-32-39-46-53-60-73(6)9-2)70-95-99(87,88)93-66-75(82)67-94-100(89,90)96-71-77(69-91-78(83)62-55-48-41-34-28-25-31-38-45-52-59-72(4)5)98-81(86)65-58-51-44-37-30-27-33-40-47-54-61-74(7)10-3/h72-77,82H,8-71H2,1-7H3,(H,87,88)(H,89,90)/t73?,74?,75-,76-,77-/m1/s1. The number of rotatable bonds is 79. The zero-order valence-electron chi connectivity index (χ0n) is 65.7. The van der Waals surface area contributed by atoms with E-state index < -0.39 is 97.5 Å². The van der Waals surface area contributed by atoms with E-state index in [4.69, 9.17) is 37.0 Å². The van der Waals surface area contributed by atoms with Gasteiger partial charge in [-0.3, -0.25) is 37.3 Å². The molecule has 100 heavy (non-hydrogen) atoms. The minimum absolute atomic E-state index is 0.106. The zero-order chi connectivity index (χ0) is 73.7. The molecule has 4 unspecified atom stereocenters. The molecule has 19 heteroatoms. The van der Waals surface area contributed by atoms with Crippen LogP contribution < -0.4 is 0 Å². The SMILES string of the molecule is CCCCCCCCCCCCCCCCCCCCCC(=O)O[C@H](COC(=O)CCCCCCCCCCCCC(C)CC)COP(=O)(O)OC[C@@H](O)COP(=O)(O)OC[C@@H](COC(=O)CCCCCCCCCCCCC(C)C)OC(=O)CCCCCCCCCCCCC(C)CC. The van der Waals surface area contributed by atoms with Gasteiger partial charge in [-0.1, -0.05) is 370 Å². The Morgan fingerprint density at radius 2 is 0.510 bits per heavy atom.